The lowest BCUT2D eigenvalue weighted by molar-refractivity contribution is -0.385. The maximum Gasteiger partial charge on any atom is 0.270 e. The number of carbonyl (C=O) groups excluding carboxylic acids is 1. The van der Waals surface area contributed by atoms with Gasteiger partial charge >= 0.3 is 0 Å². The summed E-state index contributed by atoms with van der Waals surface area (Å²) in [6.45, 7) is 0.260. The molecule has 0 aliphatic carbocycles. The van der Waals surface area contributed by atoms with Crippen LogP contribution in [0.5, 0.6) is 5.75 Å². The highest BCUT2D eigenvalue weighted by atomic mass is 19.1. The summed E-state index contributed by atoms with van der Waals surface area (Å²) in [7, 11) is 0. The number of nitro benzene ring substituents is 1. The number of fused-ring (bicyclic) bond motifs is 1. The zero-order chi connectivity index (χ0) is 18.5. The van der Waals surface area contributed by atoms with Crippen LogP contribution in [0.4, 0.5) is 10.1 Å². The molecule has 1 aliphatic heterocycles. The molecule has 1 amide bonds. The number of halogens is 1. The summed E-state index contributed by atoms with van der Waals surface area (Å²) >= 11 is 0. The molecule has 0 bridgehead atoms. The highest BCUT2D eigenvalue weighted by Gasteiger charge is 2.19. The standard InChI is InChI=1S/C18H15FN2O5/c19-16-4-2-1-3-13(16)9-20-17(22)6-5-12-7-15(21(23)24)8-14-10-25-11-26-18(12)14/h1-8H,9-11H2,(H,20,22)/b6-5+. The molecular formula is C18H15FN2O5. The van der Waals surface area contributed by atoms with Crippen molar-refractivity contribution in [3.05, 3.63) is 75.1 Å². The summed E-state index contributed by atoms with van der Waals surface area (Å²) in [5.41, 5.74) is 1.18. The monoisotopic (exact) mass is 358 g/mol. The lowest BCUT2D eigenvalue weighted by Crippen LogP contribution is -2.20. The van der Waals surface area contributed by atoms with Crippen LogP contribution >= 0.6 is 0 Å². The Morgan fingerprint density at radius 3 is 2.92 bits per heavy atom. The van der Waals surface area contributed by atoms with Gasteiger partial charge in [0.05, 0.1) is 11.5 Å². The van der Waals surface area contributed by atoms with Gasteiger partial charge in [0.25, 0.3) is 5.69 Å². The van der Waals surface area contributed by atoms with Crippen LogP contribution in [0, 0.1) is 15.9 Å². The van der Waals surface area contributed by atoms with Gasteiger partial charge in [-0.2, -0.15) is 0 Å². The smallest absolute Gasteiger partial charge is 0.270 e. The van der Waals surface area contributed by atoms with Crippen LogP contribution in [0.25, 0.3) is 6.08 Å². The van der Waals surface area contributed by atoms with E-state index in [-0.39, 0.29) is 25.6 Å². The Hall–Kier alpha value is -3.26. The van der Waals surface area contributed by atoms with Crippen molar-refractivity contribution in [3.63, 3.8) is 0 Å². The van der Waals surface area contributed by atoms with Crippen LogP contribution in [0.1, 0.15) is 16.7 Å². The van der Waals surface area contributed by atoms with Gasteiger partial charge in [-0.05, 0) is 12.1 Å². The molecule has 0 saturated heterocycles. The van der Waals surface area contributed by atoms with E-state index >= 15 is 0 Å². The van der Waals surface area contributed by atoms with Crippen LogP contribution in [-0.4, -0.2) is 17.6 Å². The Bertz CT molecular complexity index is 882. The molecule has 8 heteroatoms. The number of nitro groups is 1. The maximum atomic E-state index is 13.5. The lowest BCUT2D eigenvalue weighted by Gasteiger charge is -2.19. The van der Waals surface area contributed by atoms with E-state index in [9.17, 15) is 19.3 Å². The van der Waals surface area contributed by atoms with Crippen molar-refractivity contribution in [2.75, 3.05) is 6.79 Å². The topological polar surface area (TPSA) is 90.7 Å². The van der Waals surface area contributed by atoms with Crippen molar-refractivity contribution in [3.8, 4) is 5.75 Å². The van der Waals surface area contributed by atoms with Gasteiger partial charge in [-0.15, -0.1) is 0 Å². The molecule has 26 heavy (non-hydrogen) atoms. The molecule has 3 rings (SSSR count). The first kappa shape index (κ1) is 17.6. The Morgan fingerprint density at radius 1 is 1.35 bits per heavy atom. The van der Waals surface area contributed by atoms with Crippen molar-refractivity contribution >= 4 is 17.7 Å². The molecule has 1 heterocycles. The third-order valence-electron chi connectivity index (χ3n) is 3.76. The van der Waals surface area contributed by atoms with Gasteiger partial charge in [0.15, 0.2) is 6.79 Å². The van der Waals surface area contributed by atoms with E-state index in [0.717, 1.165) is 0 Å². The Labute approximate surface area is 148 Å². The van der Waals surface area contributed by atoms with Crippen LogP contribution in [0.15, 0.2) is 42.5 Å². The van der Waals surface area contributed by atoms with Crippen LogP contribution in [-0.2, 0) is 22.7 Å². The van der Waals surface area contributed by atoms with Crippen molar-refractivity contribution in [1.82, 2.24) is 5.32 Å². The van der Waals surface area contributed by atoms with Gasteiger partial charge in [0, 0.05) is 41.4 Å². The molecule has 134 valence electrons. The zero-order valence-electron chi connectivity index (χ0n) is 13.6. The van der Waals surface area contributed by atoms with Crippen LogP contribution < -0.4 is 10.1 Å². The number of carbonyl (C=O) groups is 1. The molecule has 2 aromatic carbocycles. The largest absolute Gasteiger partial charge is 0.467 e. The third kappa shape index (κ3) is 4.04. The number of amides is 1. The number of hydrogen-bond acceptors (Lipinski definition) is 5. The number of non-ortho nitro benzene ring substituents is 1. The molecule has 0 aromatic heterocycles. The fourth-order valence-electron chi connectivity index (χ4n) is 2.51. The number of nitrogens with zero attached hydrogens (tertiary/aromatic N) is 1. The normalized spacial score (nSPS) is 13.1. The van der Waals surface area contributed by atoms with E-state index < -0.39 is 16.6 Å². The minimum Gasteiger partial charge on any atom is -0.467 e. The molecular weight excluding hydrogens is 343 g/mol. The molecule has 1 aliphatic rings. The minimum atomic E-state index is -0.523. The first-order valence-electron chi connectivity index (χ1n) is 7.76. The molecule has 2 aromatic rings. The zero-order valence-corrected chi connectivity index (χ0v) is 13.6. The number of rotatable bonds is 5. The second kappa shape index (κ2) is 7.75. The van der Waals surface area contributed by atoms with Gasteiger partial charge in [-0.25, -0.2) is 4.39 Å². The first-order valence-corrected chi connectivity index (χ1v) is 7.76. The average Bonchev–Trinajstić information content (AvgIpc) is 2.65. The molecule has 1 N–H and O–H groups in total. The second-order valence-electron chi connectivity index (χ2n) is 5.53. The number of hydrogen-bond donors (Lipinski definition) is 1. The number of ether oxygens (including phenoxy) is 2. The molecule has 0 atom stereocenters. The number of nitrogens with one attached hydrogen (secondary N) is 1. The Morgan fingerprint density at radius 2 is 2.15 bits per heavy atom. The van der Waals surface area contributed by atoms with E-state index in [1.54, 1.807) is 18.2 Å². The Kier molecular flexibility index (Phi) is 5.23. The predicted octanol–water partition coefficient (Wildman–Crippen LogP) is 2.93. The van der Waals surface area contributed by atoms with Gasteiger partial charge < -0.3 is 14.8 Å². The summed E-state index contributed by atoms with van der Waals surface area (Å²) in [6, 6.07) is 8.83. The summed E-state index contributed by atoms with van der Waals surface area (Å²) in [5.74, 6) is -0.418. The second-order valence-corrected chi connectivity index (χ2v) is 5.53. The lowest BCUT2D eigenvalue weighted by atomic mass is 10.1. The van der Waals surface area contributed by atoms with Gasteiger partial charge in [-0.1, -0.05) is 18.2 Å². The number of benzene rings is 2. The minimum absolute atomic E-state index is 0.0329. The quantitative estimate of drug-likeness (QED) is 0.504. The Balaban J connectivity index is 1.75. The van der Waals surface area contributed by atoms with Crippen molar-refractivity contribution in [2.45, 2.75) is 13.2 Å². The summed E-state index contributed by atoms with van der Waals surface area (Å²) in [6.07, 6.45) is 2.65. The maximum absolute atomic E-state index is 13.5. The fourth-order valence-corrected chi connectivity index (χ4v) is 2.51. The van der Waals surface area contributed by atoms with E-state index in [1.807, 2.05) is 0 Å². The van der Waals surface area contributed by atoms with E-state index in [4.69, 9.17) is 9.47 Å². The summed E-state index contributed by atoms with van der Waals surface area (Å²) in [5, 5.41) is 13.6. The molecule has 7 nitrogen and oxygen atoms in total. The van der Waals surface area contributed by atoms with Gasteiger partial charge in [-0.3, -0.25) is 14.9 Å². The summed E-state index contributed by atoms with van der Waals surface area (Å²) in [4.78, 5) is 22.5. The van der Waals surface area contributed by atoms with Crippen molar-refractivity contribution in [2.24, 2.45) is 0 Å². The van der Waals surface area contributed by atoms with E-state index in [2.05, 4.69) is 5.32 Å². The summed E-state index contributed by atoms with van der Waals surface area (Å²) < 4.78 is 24.1. The van der Waals surface area contributed by atoms with Gasteiger partial charge in [0.1, 0.15) is 11.6 Å². The van der Waals surface area contributed by atoms with Crippen molar-refractivity contribution in [1.29, 1.82) is 0 Å². The third-order valence-corrected chi connectivity index (χ3v) is 3.76. The predicted molar refractivity (Wildman–Crippen MR) is 90.7 cm³/mol. The first-order chi connectivity index (χ1) is 12.5. The molecule has 0 unspecified atom stereocenters. The van der Waals surface area contributed by atoms with E-state index in [0.29, 0.717) is 22.4 Å². The van der Waals surface area contributed by atoms with Crippen LogP contribution in [0.3, 0.4) is 0 Å². The molecule has 0 fully saturated rings. The van der Waals surface area contributed by atoms with Crippen LogP contribution in [0.2, 0.25) is 0 Å². The fraction of sp³-hybridized carbons (Fsp3) is 0.167. The SMILES string of the molecule is O=C(/C=C/c1cc([N+](=O)[O-])cc2c1OCOC2)NCc1ccccc1F. The average molecular weight is 358 g/mol. The highest BCUT2D eigenvalue weighted by molar-refractivity contribution is 5.92. The van der Waals surface area contributed by atoms with E-state index in [1.165, 1.54) is 30.4 Å². The van der Waals surface area contributed by atoms with Gasteiger partial charge in [0.2, 0.25) is 5.91 Å². The molecule has 0 saturated carbocycles. The highest BCUT2D eigenvalue weighted by Crippen LogP contribution is 2.33. The molecule has 0 radical (unpaired) electrons. The molecule has 0 spiro atoms. The van der Waals surface area contributed by atoms with Crippen molar-refractivity contribution < 1.29 is 23.6 Å².